The Balaban J connectivity index is 1.44. The van der Waals surface area contributed by atoms with E-state index in [0.29, 0.717) is 17.4 Å². The summed E-state index contributed by atoms with van der Waals surface area (Å²) in [4.78, 5) is 28.7. The highest BCUT2D eigenvalue weighted by Gasteiger charge is 2.47. The first kappa shape index (κ1) is 19.6. The van der Waals surface area contributed by atoms with Crippen LogP contribution in [-0.4, -0.2) is 27.4 Å². The average molecular weight is 417 g/mol. The molecule has 0 bridgehead atoms. The molecular weight excluding hydrogens is 393 g/mol. The number of fused-ring (bicyclic) bond motifs is 3. The molecule has 0 radical (unpaired) electrons. The summed E-state index contributed by atoms with van der Waals surface area (Å²) in [6, 6.07) is 11.5. The van der Waals surface area contributed by atoms with E-state index in [0.717, 1.165) is 41.7 Å². The maximum atomic E-state index is 13.2. The highest BCUT2D eigenvalue weighted by molar-refractivity contribution is 5.94. The Morgan fingerprint density at radius 2 is 1.90 bits per heavy atom. The van der Waals surface area contributed by atoms with Gasteiger partial charge in [-0.3, -0.25) is 9.78 Å². The van der Waals surface area contributed by atoms with Crippen molar-refractivity contribution in [1.29, 1.82) is 0 Å². The molecule has 1 aliphatic carbocycles. The van der Waals surface area contributed by atoms with Gasteiger partial charge in [-0.15, -0.1) is 0 Å². The number of nitrogens with zero attached hydrogens (tertiary/aromatic N) is 4. The zero-order valence-electron chi connectivity index (χ0n) is 17.8. The van der Waals surface area contributed by atoms with E-state index in [1.165, 1.54) is 24.3 Å². The summed E-state index contributed by atoms with van der Waals surface area (Å²) in [7, 11) is 0. The molecule has 6 nitrogen and oxygen atoms in total. The largest absolute Gasteiger partial charge is 0.342 e. The number of amides is 1. The molecule has 1 fully saturated rings. The van der Waals surface area contributed by atoms with Gasteiger partial charge in [0.05, 0.1) is 22.6 Å². The van der Waals surface area contributed by atoms with E-state index in [4.69, 9.17) is 4.98 Å². The maximum Gasteiger partial charge on any atom is 0.252 e. The minimum absolute atomic E-state index is 0.257. The molecule has 1 N–H and O–H groups in total. The molecule has 1 aliphatic heterocycles. The lowest BCUT2D eigenvalue weighted by Crippen LogP contribution is -2.42. The molecule has 5 rings (SSSR count). The quantitative estimate of drug-likeness (QED) is 0.688. The van der Waals surface area contributed by atoms with Crippen LogP contribution in [0.3, 0.4) is 0 Å². The Morgan fingerprint density at radius 3 is 2.65 bits per heavy atom. The molecule has 0 saturated heterocycles. The summed E-state index contributed by atoms with van der Waals surface area (Å²) in [6.45, 7) is 6.69. The van der Waals surface area contributed by atoms with E-state index in [9.17, 15) is 9.18 Å². The Kier molecular flexibility index (Phi) is 4.50. The third kappa shape index (κ3) is 3.65. The molecular formula is C24H24FN5O. The highest BCUT2D eigenvalue weighted by atomic mass is 19.1. The summed E-state index contributed by atoms with van der Waals surface area (Å²) in [5.41, 5.74) is 2.67. The Hall–Kier alpha value is -3.35. The number of pyridine rings is 1. The van der Waals surface area contributed by atoms with Crippen LogP contribution >= 0.6 is 0 Å². The van der Waals surface area contributed by atoms with Crippen LogP contribution in [0.5, 0.6) is 0 Å². The number of hydrogen-bond donors (Lipinski definition) is 1. The summed E-state index contributed by atoms with van der Waals surface area (Å²) >= 11 is 0. The third-order valence-corrected chi connectivity index (χ3v) is 6.09. The fraction of sp³-hybridized carbons (Fsp3) is 0.333. The first-order valence-corrected chi connectivity index (χ1v) is 10.5. The molecule has 7 heteroatoms. The second-order valence-corrected chi connectivity index (χ2v) is 8.86. The van der Waals surface area contributed by atoms with Gasteiger partial charge in [-0.2, -0.15) is 0 Å². The molecule has 3 aromatic rings. The van der Waals surface area contributed by atoms with Gasteiger partial charge >= 0.3 is 0 Å². The lowest BCUT2D eigenvalue weighted by atomic mass is 9.97. The van der Waals surface area contributed by atoms with Gasteiger partial charge in [-0.25, -0.2) is 14.4 Å². The maximum absolute atomic E-state index is 13.2. The van der Waals surface area contributed by atoms with Gasteiger partial charge in [-0.05, 0) is 75.6 Å². The van der Waals surface area contributed by atoms with Crippen LogP contribution < -0.4 is 10.2 Å². The van der Waals surface area contributed by atoms with Gasteiger partial charge in [0.1, 0.15) is 17.5 Å². The Morgan fingerprint density at radius 1 is 1.13 bits per heavy atom. The standard InChI is InChI=1S/C24H24FN5O/c1-14-26-11-10-21(27-14)30-13-16-12-18(16)22-19(30)8-9-20(28-22)24(2,3)29-23(31)15-4-6-17(25)7-5-15/h4-11,16,18H,12-13H2,1-3H3,(H,29,31)/t16-,18-/m1/s1. The van der Waals surface area contributed by atoms with Crippen molar-refractivity contribution in [2.45, 2.75) is 38.6 Å². The molecule has 0 unspecified atom stereocenters. The van der Waals surface area contributed by atoms with E-state index in [1.54, 1.807) is 6.20 Å². The van der Waals surface area contributed by atoms with Crippen LogP contribution in [-0.2, 0) is 5.54 Å². The first-order chi connectivity index (χ1) is 14.8. The number of aromatic nitrogens is 3. The van der Waals surface area contributed by atoms with Crippen LogP contribution in [0, 0.1) is 18.7 Å². The van der Waals surface area contributed by atoms with Crippen molar-refractivity contribution in [2.24, 2.45) is 5.92 Å². The smallest absolute Gasteiger partial charge is 0.252 e. The zero-order valence-corrected chi connectivity index (χ0v) is 17.8. The molecule has 1 saturated carbocycles. The monoisotopic (exact) mass is 417 g/mol. The number of aryl methyl sites for hydroxylation is 1. The van der Waals surface area contributed by atoms with Crippen LogP contribution in [0.4, 0.5) is 15.9 Å². The molecule has 158 valence electrons. The number of halogens is 1. The second-order valence-electron chi connectivity index (χ2n) is 8.86. The fourth-order valence-corrected chi connectivity index (χ4v) is 4.27. The highest BCUT2D eigenvalue weighted by Crippen LogP contribution is 2.55. The van der Waals surface area contributed by atoms with E-state index in [1.807, 2.05) is 32.9 Å². The predicted molar refractivity (Wildman–Crippen MR) is 116 cm³/mol. The molecule has 2 atom stereocenters. The van der Waals surface area contributed by atoms with Crippen LogP contribution in [0.2, 0.25) is 0 Å². The topological polar surface area (TPSA) is 71.0 Å². The van der Waals surface area contributed by atoms with E-state index in [2.05, 4.69) is 26.3 Å². The normalized spacial score (nSPS) is 19.4. The second kappa shape index (κ2) is 7.11. The molecule has 1 amide bonds. The molecule has 2 aliphatic rings. The minimum atomic E-state index is -0.682. The molecule has 2 aromatic heterocycles. The Bertz CT molecular complexity index is 1160. The van der Waals surface area contributed by atoms with Crippen LogP contribution in [0.1, 0.15) is 53.8 Å². The molecule has 31 heavy (non-hydrogen) atoms. The molecule has 3 heterocycles. The number of carbonyl (C=O) groups is 1. The first-order valence-electron chi connectivity index (χ1n) is 10.5. The van der Waals surface area contributed by atoms with Crippen molar-refractivity contribution in [2.75, 3.05) is 11.4 Å². The van der Waals surface area contributed by atoms with Crippen molar-refractivity contribution >= 4 is 17.4 Å². The summed E-state index contributed by atoms with van der Waals surface area (Å²) < 4.78 is 13.2. The third-order valence-electron chi connectivity index (χ3n) is 6.09. The van der Waals surface area contributed by atoms with Gasteiger partial charge < -0.3 is 10.2 Å². The van der Waals surface area contributed by atoms with Crippen molar-refractivity contribution in [3.63, 3.8) is 0 Å². The van der Waals surface area contributed by atoms with Crippen LogP contribution in [0.25, 0.3) is 0 Å². The summed E-state index contributed by atoms with van der Waals surface area (Å²) in [5, 5.41) is 3.04. The van der Waals surface area contributed by atoms with E-state index >= 15 is 0 Å². The number of anilines is 2. The predicted octanol–water partition coefficient (Wildman–Crippen LogP) is 4.24. The number of carbonyl (C=O) groups excluding carboxylic acids is 1. The molecule has 1 aromatic carbocycles. The minimum Gasteiger partial charge on any atom is -0.342 e. The van der Waals surface area contributed by atoms with Crippen LogP contribution in [0.15, 0.2) is 48.7 Å². The van der Waals surface area contributed by atoms with Gasteiger partial charge in [-0.1, -0.05) is 0 Å². The number of nitrogens with one attached hydrogen (secondary N) is 1. The lowest BCUT2D eigenvalue weighted by molar-refractivity contribution is 0.0910. The van der Waals surface area contributed by atoms with Gasteiger partial charge in [0.25, 0.3) is 5.91 Å². The van der Waals surface area contributed by atoms with Gasteiger partial charge in [0.15, 0.2) is 0 Å². The van der Waals surface area contributed by atoms with Crippen molar-refractivity contribution < 1.29 is 9.18 Å². The molecule has 0 spiro atoms. The number of hydrogen-bond acceptors (Lipinski definition) is 5. The SMILES string of the molecule is Cc1nccc(N2C[C@H]3C[C@H]3c3nc(C(C)(C)NC(=O)c4ccc(F)cc4)ccc32)n1. The van der Waals surface area contributed by atoms with Crippen molar-refractivity contribution in [1.82, 2.24) is 20.3 Å². The zero-order chi connectivity index (χ0) is 21.8. The van der Waals surface area contributed by atoms with E-state index < -0.39 is 5.54 Å². The van der Waals surface area contributed by atoms with E-state index in [-0.39, 0.29) is 11.7 Å². The van der Waals surface area contributed by atoms with Gasteiger partial charge in [0, 0.05) is 24.2 Å². The lowest BCUT2D eigenvalue weighted by Gasteiger charge is -2.32. The van der Waals surface area contributed by atoms with Crippen molar-refractivity contribution in [3.05, 3.63) is 77.3 Å². The average Bonchev–Trinajstić information content (AvgIpc) is 3.53. The number of benzene rings is 1. The number of rotatable bonds is 4. The van der Waals surface area contributed by atoms with Gasteiger partial charge in [0.2, 0.25) is 0 Å². The van der Waals surface area contributed by atoms with Crippen molar-refractivity contribution in [3.8, 4) is 0 Å². The summed E-state index contributed by atoms with van der Waals surface area (Å²) in [5.74, 6) is 2.03. The fourth-order valence-electron chi connectivity index (χ4n) is 4.27. The summed E-state index contributed by atoms with van der Waals surface area (Å²) in [6.07, 6.45) is 2.90. The Labute approximate surface area is 180 Å².